The summed E-state index contributed by atoms with van der Waals surface area (Å²) in [7, 11) is 0. The Kier molecular flexibility index (Phi) is 3.22. The van der Waals surface area contributed by atoms with Crippen LogP contribution in [0.4, 0.5) is 4.39 Å². The van der Waals surface area contributed by atoms with Gasteiger partial charge in [-0.1, -0.05) is 31.0 Å². The number of hydrogen-bond donors (Lipinski definition) is 1. The molecule has 1 fully saturated rings. The fourth-order valence-electron chi connectivity index (χ4n) is 2.81. The van der Waals surface area contributed by atoms with Crippen molar-refractivity contribution in [1.29, 1.82) is 0 Å². The van der Waals surface area contributed by atoms with Crippen molar-refractivity contribution in [3.05, 3.63) is 34.6 Å². The van der Waals surface area contributed by atoms with Crippen LogP contribution in [0.2, 0.25) is 5.02 Å². The number of rotatable bonds is 3. The lowest BCUT2D eigenvalue weighted by Crippen LogP contribution is -2.47. The van der Waals surface area contributed by atoms with Crippen LogP contribution < -0.4 is 5.73 Å². The van der Waals surface area contributed by atoms with Crippen LogP contribution in [0.3, 0.4) is 0 Å². The van der Waals surface area contributed by atoms with Crippen molar-refractivity contribution >= 4 is 11.6 Å². The molecule has 88 valence electrons. The van der Waals surface area contributed by atoms with Crippen molar-refractivity contribution in [2.24, 2.45) is 11.7 Å². The van der Waals surface area contributed by atoms with E-state index in [9.17, 15) is 4.39 Å². The quantitative estimate of drug-likeness (QED) is 0.861. The molecule has 0 aromatic heterocycles. The standard InChI is InChI=1S/C13H17ClFN/c1-2-9-6-13(7-9,8-16)12-10(14)4-3-5-11(12)15/h3-5,9H,2,6-8,16H2,1H3. The summed E-state index contributed by atoms with van der Waals surface area (Å²) in [4.78, 5) is 0. The molecule has 1 nitrogen and oxygen atoms in total. The molecule has 1 aliphatic carbocycles. The van der Waals surface area contributed by atoms with Gasteiger partial charge in [-0.2, -0.15) is 0 Å². The molecule has 3 heteroatoms. The number of halogens is 2. The van der Waals surface area contributed by atoms with Crippen LogP contribution in [0.5, 0.6) is 0 Å². The molecule has 1 saturated carbocycles. The van der Waals surface area contributed by atoms with Gasteiger partial charge in [-0.15, -0.1) is 0 Å². The summed E-state index contributed by atoms with van der Waals surface area (Å²) in [6.07, 6.45) is 3.05. The minimum Gasteiger partial charge on any atom is -0.330 e. The summed E-state index contributed by atoms with van der Waals surface area (Å²) in [5.41, 5.74) is 6.24. The molecule has 2 rings (SSSR count). The topological polar surface area (TPSA) is 26.0 Å². The Morgan fingerprint density at radius 3 is 2.69 bits per heavy atom. The lowest BCUT2D eigenvalue weighted by atomic mass is 9.58. The summed E-state index contributed by atoms with van der Waals surface area (Å²) in [5, 5.41) is 0.514. The van der Waals surface area contributed by atoms with Gasteiger partial charge in [0.2, 0.25) is 0 Å². The number of benzene rings is 1. The molecule has 0 spiro atoms. The van der Waals surface area contributed by atoms with Gasteiger partial charge in [-0.25, -0.2) is 4.39 Å². The average molecular weight is 242 g/mol. The molecule has 0 saturated heterocycles. The van der Waals surface area contributed by atoms with Crippen LogP contribution in [0.15, 0.2) is 18.2 Å². The van der Waals surface area contributed by atoms with E-state index in [4.69, 9.17) is 17.3 Å². The minimum absolute atomic E-state index is 0.215. The summed E-state index contributed by atoms with van der Waals surface area (Å²) in [5.74, 6) is 0.451. The summed E-state index contributed by atoms with van der Waals surface area (Å²) < 4.78 is 13.8. The van der Waals surface area contributed by atoms with Crippen LogP contribution in [-0.4, -0.2) is 6.54 Å². The van der Waals surface area contributed by atoms with Crippen molar-refractivity contribution in [3.8, 4) is 0 Å². The predicted molar refractivity (Wildman–Crippen MR) is 65.2 cm³/mol. The molecular formula is C13H17ClFN. The van der Waals surface area contributed by atoms with Gasteiger partial charge in [0.25, 0.3) is 0 Å². The Hall–Kier alpha value is -0.600. The molecule has 2 N–H and O–H groups in total. The Labute approximate surface area is 101 Å². The Balaban J connectivity index is 2.36. The third-order valence-corrected chi connectivity index (χ3v) is 4.13. The Bertz CT molecular complexity index is 365. The first kappa shape index (κ1) is 11.9. The van der Waals surface area contributed by atoms with E-state index in [2.05, 4.69) is 6.92 Å². The van der Waals surface area contributed by atoms with E-state index in [1.54, 1.807) is 12.1 Å². The molecule has 1 aliphatic rings. The highest BCUT2D eigenvalue weighted by Crippen LogP contribution is 2.50. The highest BCUT2D eigenvalue weighted by Gasteiger charge is 2.46. The second-order valence-corrected chi connectivity index (χ2v) is 5.17. The first-order chi connectivity index (χ1) is 7.63. The first-order valence-corrected chi connectivity index (χ1v) is 6.15. The molecular weight excluding hydrogens is 225 g/mol. The highest BCUT2D eigenvalue weighted by atomic mass is 35.5. The van der Waals surface area contributed by atoms with Crippen LogP contribution >= 0.6 is 11.6 Å². The van der Waals surface area contributed by atoms with Crippen LogP contribution in [-0.2, 0) is 5.41 Å². The van der Waals surface area contributed by atoms with Gasteiger partial charge in [0.05, 0.1) is 0 Å². The van der Waals surface area contributed by atoms with E-state index in [1.807, 2.05) is 0 Å². The summed E-state index contributed by atoms with van der Waals surface area (Å²) in [6, 6.07) is 4.86. The smallest absolute Gasteiger partial charge is 0.128 e. The van der Waals surface area contributed by atoms with Crippen LogP contribution in [0.25, 0.3) is 0 Å². The van der Waals surface area contributed by atoms with E-state index in [0.29, 0.717) is 23.0 Å². The molecule has 0 atom stereocenters. The van der Waals surface area contributed by atoms with Crippen molar-refractivity contribution in [2.45, 2.75) is 31.6 Å². The fraction of sp³-hybridized carbons (Fsp3) is 0.538. The summed E-state index contributed by atoms with van der Waals surface area (Å²) in [6.45, 7) is 2.64. The molecule has 0 bridgehead atoms. The van der Waals surface area contributed by atoms with E-state index in [-0.39, 0.29) is 11.2 Å². The maximum absolute atomic E-state index is 13.8. The van der Waals surface area contributed by atoms with Crippen molar-refractivity contribution in [3.63, 3.8) is 0 Å². The van der Waals surface area contributed by atoms with Gasteiger partial charge in [0, 0.05) is 22.5 Å². The van der Waals surface area contributed by atoms with E-state index < -0.39 is 0 Å². The number of hydrogen-bond acceptors (Lipinski definition) is 1. The normalized spacial score (nSPS) is 28.9. The maximum atomic E-state index is 13.8. The monoisotopic (exact) mass is 241 g/mol. The third kappa shape index (κ3) is 1.74. The molecule has 1 aromatic rings. The molecule has 0 aliphatic heterocycles. The Morgan fingerprint density at radius 1 is 1.50 bits per heavy atom. The zero-order chi connectivity index (χ0) is 11.8. The van der Waals surface area contributed by atoms with Crippen molar-refractivity contribution < 1.29 is 4.39 Å². The fourth-order valence-corrected chi connectivity index (χ4v) is 3.17. The van der Waals surface area contributed by atoms with Crippen molar-refractivity contribution in [2.75, 3.05) is 6.54 Å². The zero-order valence-electron chi connectivity index (χ0n) is 9.47. The summed E-state index contributed by atoms with van der Waals surface area (Å²) >= 11 is 6.10. The van der Waals surface area contributed by atoms with Crippen LogP contribution in [0.1, 0.15) is 31.7 Å². The zero-order valence-corrected chi connectivity index (χ0v) is 10.2. The van der Waals surface area contributed by atoms with Gasteiger partial charge in [-0.05, 0) is 30.9 Å². The van der Waals surface area contributed by atoms with E-state index >= 15 is 0 Å². The predicted octanol–water partition coefficient (Wildman–Crippen LogP) is 3.50. The van der Waals surface area contributed by atoms with Gasteiger partial charge < -0.3 is 5.73 Å². The molecule has 0 amide bonds. The molecule has 16 heavy (non-hydrogen) atoms. The van der Waals surface area contributed by atoms with Gasteiger partial charge in [-0.3, -0.25) is 0 Å². The largest absolute Gasteiger partial charge is 0.330 e. The van der Waals surface area contributed by atoms with Gasteiger partial charge in [0.15, 0.2) is 0 Å². The SMILES string of the molecule is CCC1CC(CN)(c2c(F)cccc2Cl)C1. The lowest BCUT2D eigenvalue weighted by Gasteiger charge is -2.48. The van der Waals surface area contributed by atoms with Gasteiger partial charge >= 0.3 is 0 Å². The molecule has 0 heterocycles. The molecule has 1 aromatic carbocycles. The van der Waals surface area contributed by atoms with Crippen molar-refractivity contribution in [1.82, 2.24) is 0 Å². The molecule has 0 radical (unpaired) electrons. The third-order valence-electron chi connectivity index (χ3n) is 3.82. The Morgan fingerprint density at radius 2 is 2.19 bits per heavy atom. The second kappa shape index (κ2) is 4.34. The molecule has 0 unspecified atom stereocenters. The van der Waals surface area contributed by atoms with E-state index in [0.717, 1.165) is 19.3 Å². The first-order valence-electron chi connectivity index (χ1n) is 5.77. The second-order valence-electron chi connectivity index (χ2n) is 4.76. The van der Waals surface area contributed by atoms with Crippen LogP contribution in [0, 0.1) is 11.7 Å². The minimum atomic E-state index is -0.219. The van der Waals surface area contributed by atoms with E-state index in [1.165, 1.54) is 6.07 Å². The van der Waals surface area contributed by atoms with Gasteiger partial charge in [0.1, 0.15) is 5.82 Å². The average Bonchev–Trinajstić information content (AvgIpc) is 2.21. The lowest BCUT2D eigenvalue weighted by molar-refractivity contribution is 0.140. The number of nitrogens with two attached hydrogens (primary N) is 1. The maximum Gasteiger partial charge on any atom is 0.128 e. The highest BCUT2D eigenvalue weighted by molar-refractivity contribution is 6.31.